The second-order valence-corrected chi connectivity index (χ2v) is 9.58. The van der Waals surface area contributed by atoms with Crippen molar-refractivity contribution in [1.82, 2.24) is 14.8 Å². The van der Waals surface area contributed by atoms with Gasteiger partial charge in [-0.1, -0.05) is 17.9 Å². The molecule has 5 rings (SSSR count). The highest BCUT2D eigenvalue weighted by atomic mass is 19.3. The number of hydrogen-bond donors (Lipinski definition) is 1. The Hall–Kier alpha value is -3.87. The lowest BCUT2D eigenvalue weighted by Gasteiger charge is -2.36. The molecule has 196 valence electrons. The largest absolute Gasteiger partial charge is 0.495 e. The molecule has 2 heterocycles. The third kappa shape index (κ3) is 5.37. The number of methoxy groups -OCH3 is 1. The second kappa shape index (κ2) is 10.5. The summed E-state index contributed by atoms with van der Waals surface area (Å²) in [7, 11) is 3.53. The van der Waals surface area contributed by atoms with Crippen molar-refractivity contribution < 1.29 is 22.7 Å². The standard InChI is InChI=1S/C29H27F3N4O2/c1-35-9-11-36(12-10-35)27-16-29(31,32)25-15-22(6-7-24(25)27)34-28(37)21-5-8-26(30)20(14-21)4-3-19-13-23(38-2)18-33-17-19/h5-8,13-15,17-18,27H,9-12,16H2,1-2H3,(H,34,37). The van der Waals surface area contributed by atoms with Crippen molar-refractivity contribution in [3.05, 3.63) is 88.5 Å². The molecule has 2 aromatic carbocycles. The molecule has 0 saturated carbocycles. The van der Waals surface area contributed by atoms with E-state index in [1.807, 2.05) is 7.05 Å². The van der Waals surface area contributed by atoms with Crippen molar-refractivity contribution in [3.8, 4) is 17.6 Å². The number of rotatable bonds is 4. The predicted octanol–water partition coefficient (Wildman–Crippen LogP) is 4.67. The monoisotopic (exact) mass is 520 g/mol. The molecule has 9 heteroatoms. The zero-order valence-electron chi connectivity index (χ0n) is 21.1. The molecule has 1 atom stereocenters. The first kappa shape index (κ1) is 25.8. The maximum absolute atomic E-state index is 15.0. The van der Waals surface area contributed by atoms with E-state index in [0.29, 0.717) is 16.9 Å². The molecule has 1 aromatic heterocycles. The second-order valence-electron chi connectivity index (χ2n) is 9.58. The molecule has 0 bridgehead atoms. The lowest BCUT2D eigenvalue weighted by atomic mass is 10.0. The van der Waals surface area contributed by atoms with Gasteiger partial charge in [-0.05, 0) is 49.0 Å². The fourth-order valence-electron chi connectivity index (χ4n) is 4.87. The minimum Gasteiger partial charge on any atom is -0.495 e. The topological polar surface area (TPSA) is 57.7 Å². The van der Waals surface area contributed by atoms with Gasteiger partial charge in [-0.3, -0.25) is 14.7 Å². The van der Waals surface area contributed by atoms with Gasteiger partial charge < -0.3 is 15.0 Å². The Morgan fingerprint density at radius 2 is 1.87 bits per heavy atom. The number of pyridine rings is 1. The molecule has 6 nitrogen and oxygen atoms in total. The fourth-order valence-corrected chi connectivity index (χ4v) is 4.87. The van der Waals surface area contributed by atoms with Crippen LogP contribution in [-0.2, 0) is 5.92 Å². The number of amides is 1. The maximum atomic E-state index is 15.0. The highest BCUT2D eigenvalue weighted by Gasteiger charge is 2.47. The number of fused-ring (bicyclic) bond motifs is 1. The van der Waals surface area contributed by atoms with E-state index in [4.69, 9.17) is 4.74 Å². The van der Waals surface area contributed by atoms with E-state index in [9.17, 15) is 9.18 Å². The number of halogens is 3. The van der Waals surface area contributed by atoms with Crippen LogP contribution in [0, 0.1) is 17.7 Å². The number of nitrogens with one attached hydrogen (secondary N) is 1. The molecular formula is C29H27F3N4O2. The van der Waals surface area contributed by atoms with E-state index in [1.165, 1.54) is 37.7 Å². The quantitative estimate of drug-likeness (QED) is 0.507. The minimum atomic E-state index is -2.99. The first-order chi connectivity index (χ1) is 18.2. The first-order valence-corrected chi connectivity index (χ1v) is 12.3. The van der Waals surface area contributed by atoms with Crippen molar-refractivity contribution in [3.63, 3.8) is 0 Å². The van der Waals surface area contributed by atoms with Crippen LogP contribution >= 0.6 is 0 Å². The van der Waals surface area contributed by atoms with Gasteiger partial charge in [0.2, 0.25) is 0 Å². The summed E-state index contributed by atoms with van der Waals surface area (Å²) in [4.78, 5) is 21.2. The molecule has 1 aliphatic carbocycles. The minimum absolute atomic E-state index is 0.0241. The van der Waals surface area contributed by atoms with Crippen LogP contribution in [0.25, 0.3) is 0 Å². The Bertz CT molecular complexity index is 1420. The van der Waals surface area contributed by atoms with Crippen LogP contribution < -0.4 is 10.1 Å². The fraction of sp³-hybridized carbons (Fsp3) is 0.310. The Morgan fingerprint density at radius 1 is 1.08 bits per heavy atom. The normalized spacial score (nSPS) is 18.8. The van der Waals surface area contributed by atoms with Gasteiger partial charge in [-0.15, -0.1) is 0 Å². The first-order valence-electron chi connectivity index (χ1n) is 12.3. The number of ether oxygens (including phenoxy) is 1. The molecule has 2 aliphatic rings. The van der Waals surface area contributed by atoms with Crippen LogP contribution in [0.3, 0.4) is 0 Å². The number of hydrogen-bond acceptors (Lipinski definition) is 5. The van der Waals surface area contributed by atoms with Gasteiger partial charge in [0.25, 0.3) is 11.8 Å². The third-order valence-electron chi connectivity index (χ3n) is 7.01. The summed E-state index contributed by atoms with van der Waals surface area (Å²) < 4.78 is 49.5. The summed E-state index contributed by atoms with van der Waals surface area (Å²) in [6, 6.07) is 9.79. The smallest absolute Gasteiger partial charge is 0.275 e. The molecule has 3 aromatic rings. The number of carbonyl (C=O) groups is 1. The van der Waals surface area contributed by atoms with Gasteiger partial charge in [-0.25, -0.2) is 13.2 Å². The third-order valence-corrected chi connectivity index (χ3v) is 7.01. The Labute approximate surface area is 219 Å². The highest BCUT2D eigenvalue weighted by molar-refractivity contribution is 6.04. The number of aromatic nitrogens is 1. The highest BCUT2D eigenvalue weighted by Crippen LogP contribution is 2.50. The van der Waals surface area contributed by atoms with Crippen LogP contribution in [0.1, 0.15) is 45.1 Å². The van der Waals surface area contributed by atoms with Crippen LogP contribution in [0.2, 0.25) is 0 Å². The summed E-state index contributed by atoms with van der Waals surface area (Å²) in [6.45, 7) is 3.15. The average molecular weight is 521 g/mol. The maximum Gasteiger partial charge on any atom is 0.275 e. The van der Waals surface area contributed by atoms with Crippen molar-refractivity contribution in [1.29, 1.82) is 0 Å². The Balaban J connectivity index is 1.34. The van der Waals surface area contributed by atoms with E-state index in [1.54, 1.807) is 18.2 Å². The molecule has 1 unspecified atom stereocenters. The van der Waals surface area contributed by atoms with E-state index in [-0.39, 0.29) is 34.8 Å². The molecule has 38 heavy (non-hydrogen) atoms. The van der Waals surface area contributed by atoms with Gasteiger partial charge in [0.1, 0.15) is 11.6 Å². The van der Waals surface area contributed by atoms with Crippen LogP contribution in [0.15, 0.2) is 54.9 Å². The van der Waals surface area contributed by atoms with Crippen LogP contribution in [0.4, 0.5) is 18.9 Å². The number of nitrogens with zero attached hydrogens (tertiary/aromatic N) is 3. The van der Waals surface area contributed by atoms with Crippen LogP contribution in [-0.4, -0.2) is 61.0 Å². The van der Waals surface area contributed by atoms with Crippen molar-refractivity contribution >= 4 is 11.6 Å². The molecule has 0 radical (unpaired) electrons. The zero-order chi connectivity index (χ0) is 26.9. The van der Waals surface area contributed by atoms with E-state index >= 15 is 8.78 Å². The number of benzene rings is 2. The molecular weight excluding hydrogens is 493 g/mol. The molecule has 1 aliphatic heterocycles. The Morgan fingerprint density at radius 3 is 2.63 bits per heavy atom. The SMILES string of the molecule is COc1cncc(C#Cc2cc(C(=O)Nc3ccc4c(c3)C(F)(F)CC4N3CCN(C)CC3)ccc2F)c1. The van der Waals surface area contributed by atoms with Crippen molar-refractivity contribution in [2.45, 2.75) is 18.4 Å². The number of carbonyl (C=O) groups excluding carboxylic acids is 1. The summed E-state index contributed by atoms with van der Waals surface area (Å²) in [6.07, 6.45) is 2.77. The van der Waals surface area contributed by atoms with Crippen molar-refractivity contribution in [2.75, 3.05) is 45.7 Å². The van der Waals surface area contributed by atoms with Crippen molar-refractivity contribution in [2.24, 2.45) is 0 Å². The van der Waals surface area contributed by atoms with Gasteiger partial charge >= 0.3 is 0 Å². The molecule has 0 spiro atoms. The summed E-state index contributed by atoms with van der Waals surface area (Å²) in [5, 5.41) is 2.67. The van der Waals surface area contributed by atoms with Crippen LogP contribution in [0.5, 0.6) is 5.75 Å². The number of likely N-dealkylation sites (N-methyl/N-ethyl adjacent to an activating group) is 1. The number of piperazine rings is 1. The lowest BCUT2D eigenvalue weighted by Crippen LogP contribution is -2.45. The summed E-state index contributed by atoms with van der Waals surface area (Å²) in [5.74, 6) is 1.92. The molecule has 1 saturated heterocycles. The molecule has 1 amide bonds. The van der Waals surface area contributed by atoms with Gasteiger partial charge in [0, 0.05) is 67.2 Å². The van der Waals surface area contributed by atoms with E-state index in [2.05, 4.69) is 31.9 Å². The summed E-state index contributed by atoms with van der Waals surface area (Å²) >= 11 is 0. The Kier molecular flexibility index (Phi) is 7.11. The molecule has 1 fully saturated rings. The van der Waals surface area contributed by atoms with E-state index < -0.39 is 17.6 Å². The number of alkyl halides is 2. The van der Waals surface area contributed by atoms with Gasteiger partial charge in [0.15, 0.2) is 0 Å². The lowest BCUT2D eigenvalue weighted by molar-refractivity contribution is -0.0257. The molecule has 1 N–H and O–H groups in total. The zero-order valence-corrected chi connectivity index (χ0v) is 21.1. The number of anilines is 1. The average Bonchev–Trinajstić information content (AvgIpc) is 3.18. The van der Waals surface area contributed by atoms with Gasteiger partial charge in [-0.2, -0.15) is 0 Å². The van der Waals surface area contributed by atoms with E-state index in [0.717, 1.165) is 32.2 Å². The predicted molar refractivity (Wildman–Crippen MR) is 138 cm³/mol. The summed E-state index contributed by atoms with van der Waals surface area (Å²) in [5.41, 5.74) is 1.50. The van der Waals surface area contributed by atoms with Gasteiger partial charge in [0.05, 0.1) is 18.9 Å².